The lowest BCUT2D eigenvalue weighted by Gasteiger charge is -2.07. The summed E-state index contributed by atoms with van der Waals surface area (Å²) >= 11 is 0. The summed E-state index contributed by atoms with van der Waals surface area (Å²) in [6.45, 7) is 5.05. The number of carbonyl (C=O) groups excluding carboxylic acids is 2. The second kappa shape index (κ2) is 11.7. The quantitative estimate of drug-likeness (QED) is 0.497. The number of amides is 1. The van der Waals surface area contributed by atoms with Crippen molar-refractivity contribution in [3.63, 3.8) is 0 Å². The Morgan fingerprint density at radius 3 is 2.35 bits per heavy atom. The number of carbonyl (C=O) groups is 2. The zero-order valence-corrected chi connectivity index (χ0v) is 14.4. The second-order valence-electron chi connectivity index (χ2n) is 5.73. The van der Waals surface area contributed by atoms with Gasteiger partial charge in [0, 0.05) is 12.1 Å². The Morgan fingerprint density at radius 2 is 1.70 bits per heavy atom. The molecule has 0 unspecified atom stereocenters. The number of hydrogen-bond donors (Lipinski definition) is 1. The van der Waals surface area contributed by atoms with Gasteiger partial charge in [0.25, 0.3) is 5.91 Å². The summed E-state index contributed by atoms with van der Waals surface area (Å²) in [4.78, 5) is 23.5. The van der Waals surface area contributed by atoms with Gasteiger partial charge in [0.2, 0.25) is 0 Å². The van der Waals surface area contributed by atoms with Crippen LogP contribution in [0.1, 0.15) is 68.3 Å². The highest BCUT2D eigenvalue weighted by molar-refractivity contribution is 5.94. The van der Waals surface area contributed by atoms with E-state index in [4.69, 9.17) is 4.74 Å². The van der Waals surface area contributed by atoms with E-state index in [-0.39, 0.29) is 18.3 Å². The lowest BCUT2D eigenvalue weighted by Crippen LogP contribution is -2.26. The van der Waals surface area contributed by atoms with Gasteiger partial charge >= 0.3 is 5.97 Å². The maximum atomic E-state index is 12.0. The van der Waals surface area contributed by atoms with E-state index >= 15 is 0 Å². The average molecular weight is 319 g/mol. The summed E-state index contributed by atoms with van der Waals surface area (Å²) in [7, 11) is 0. The molecule has 0 aromatic heterocycles. The number of hydrogen-bond acceptors (Lipinski definition) is 3. The number of ether oxygens (including phenoxy) is 1. The summed E-state index contributed by atoms with van der Waals surface area (Å²) < 4.78 is 5.09. The van der Waals surface area contributed by atoms with Gasteiger partial charge in [0.05, 0.1) is 13.0 Å². The molecule has 1 N–H and O–H groups in total. The molecule has 0 fully saturated rings. The van der Waals surface area contributed by atoms with Crippen molar-refractivity contribution in [1.29, 1.82) is 0 Å². The van der Waals surface area contributed by atoms with Crippen LogP contribution in [0, 0.1) is 0 Å². The van der Waals surface area contributed by atoms with Crippen LogP contribution in [-0.4, -0.2) is 25.0 Å². The fourth-order valence-electron chi connectivity index (χ4n) is 2.19. The first-order chi connectivity index (χ1) is 11.2. The molecule has 0 aliphatic carbocycles. The Labute approximate surface area is 139 Å². The lowest BCUT2D eigenvalue weighted by atomic mass is 10.1. The van der Waals surface area contributed by atoms with Crippen LogP contribution in [-0.2, 0) is 16.0 Å². The average Bonchev–Trinajstić information content (AvgIpc) is 2.57. The predicted octanol–water partition coefficient (Wildman–Crippen LogP) is 3.88. The standard InChI is InChI=1S/C19H29NO3/c1-3-5-7-15-23-18(21)13-14-20-19(22)17-11-9-16(10-12-17)8-6-4-2/h9-12H,3-8,13-15H2,1-2H3,(H,20,22). The molecule has 1 rings (SSSR count). The SMILES string of the molecule is CCCCCOC(=O)CCNC(=O)c1ccc(CCCC)cc1. The molecule has 4 heteroatoms. The van der Waals surface area contributed by atoms with Crippen molar-refractivity contribution in [2.45, 2.75) is 58.8 Å². The molecule has 0 bridgehead atoms. The third-order valence-electron chi connectivity index (χ3n) is 3.66. The first kappa shape index (κ1) is 19.2. The molecule has 1 aromatic carbocycles. The Bertz CT molecular complexity index is 468. The van der Waals surface area contributed by atoms with E-state index in [2.05, 4.69) is 19.2 Å². The molecule has 0 saturated heterocycles. The van der Waals surface area contributed by atoms with Crippen molar-refractivity contribution >= 4 is 11.9 Å². The number of benzene rings is 1. The Balaban J connectivity index is 2.24. The van der Waals surface area contributed by atoms with Gasteiger partial charge in [-0.1, -0.05) is 45.2 Å². The van der Waals surface area contributed by atoms with E-state index in [9.17, 15) is 9.59 Å². The molecule has 0 aliphatic rings. The third-order valence-corrected chi connectivity index (χ3v) is 3.66. The maximum absolute atomic E-state index is 12.0. The van der Waals surface area contributed by atoms with Crippen molar-refractivity contribution in [3.8, 4) is 0 Å². The van der Waals surface area contributed by atoms with Gasteiger partial charge in [-0.3, -0.25) is 9.59 Å². The molecule has 0 radical (unpaired) electrons. The van der Waals surface area contributed by atoms with Crippen LogP contribution in [0.5, 0.6) is 0 Å². The minimum atomic E-state index is -0.253. The molecule has 0 saturated carbocycles. The molecule has 4 nitrogen and oxygen atoms in total. The van der Waals surface area contributed by atoms with E-state index in [1.165, 1.54) is 5.56 Å². The van der Waals surface area contributed by atoms with Gasteiger partial charge in [0.1, 0.15) is 0 Å². The maximum Gasteiger partial charge on any atom is 0.307 e. The summed E-state index contributed by atoms with van der Waals surface area (Å²) in [5.41, 5.74) is 1.88. The van der Waals surface area contributed by atoms with E-state index in [1.807, 2.05) is 24.3 Å². The molecule has 23 heavy (non-hydrogen) atoms. The van der Waals surface area contributed by atoms with Crippen LogP contribution in [0.2, 0.25) is 0 Å². The van der Waals surface area contributed by atoms with Crippen molar-refractivity contribution in [3.05, 3.63) is 35.4 Å². The summed E-state index contributed by atoms with van der Waals surface area (Å²) in [5, 5.41) is 2.75. The second-order valence-corrected chi connectivity index (χ2v) is 5.73. The van der Waals surface area contributed by atoms with E-state index < -0.39 is 0 Å². The highest BCUT2D eigenvalue weighted by atomic mass is 16.5. The molecule has 0 aliphatic heterocycles. The zero-order valence-electron chi connectivity index (χ0n) is 14.4. The molecule has 1 aromatic rings. The topological polar surface area (TPSA) is 55.4 Å². The smallest absolute Gasteiger partial charge is 0.307 e. The number of esters is 1. The van der Waals surface area contributed by atoms with Crippen LogP contribution in [0.3, 0.4) is 0 Å². The van der Waals surface area contributed by atoms with Crippen LogP contribution < -0.4 is 5.32 Å². The number of rotatable bonds is 11. The van der Waals surface area contributed by atoms with Gasteiger partial charge in [-0.25, -0.2) is 0 Å². The molecule has 0 heterocycles. The van der Waals surface area contributed by atoms with Crippen LogP contribution in [0.15, 0.2) is 24.3 Å². The number of unbranched alkanes of at least 4 members (excludes halogenated alkanes) is 3. The van der Waals surface area contributed by atoms with Crippen molar-refractivity contribution in [2.24, 2.45) is 0 Å². The van der Waals surface area contributed by atoms with Crippen LogP contribution >= 0.6 is 0 Å². The molecule has 0 atom stereocenters. The summed E-state index contributed by atoms with van der Waals surface area (Å²) in [5.74, 6) is -0.401. The van der Waals surface area contributed by atoms with Crippen LogP contribution in [0.4, 0.5) is 0 Å². The Kier molecular flexibility index (Phi) is 9.76. The van der Waals surface area contributed by atoms with E-state index in [0.717, 1.165) is 38.5 Å². The van der Waals surface area contributed by atoms with Gasteiger partial charge in [-0.05, 0) is 37.0 Å². The fourth-order valence-corrected chi connectivity index (χ4v) is 2.19. The van der Waals surface area contributed by atoms with Gasteiger partial charge in [-0.2, -0.15) is 0 Å². The van der Waals surface area contributed by atoms with Gasteiger partial charge < -0.3 is 10.1 Å². The normalized spacial score (nSPS) is 10.3. The summed E-state index contributed by atoms with van der Waals surface area (Å²) in [6.07, 6.45) is 6.65. The first-order valence-corrected chi connectivity index (χ1v) is 8.70. The monoisotopic (exact) mass is 319 g/mol. The Morgan fingerprint density at radius 1 is 1.00 bits per heavy atom. The predicted molar refractivity (Wildman–Crippen MR) is 92.5 cm³/mol. The lowest BCUT2D eigenvalue weighted by molar-refractivity contribution is -0.143. The van der Waals surface area contributed by atoms with Gasteiger partial charge in [0.15, 0.2) is 0 Å². The van der Waals surface area contributed by atoms with Crippen molar-refractivity contribution < 1.29 is 14.3 Å². The molecular weight excluding hydrogens is 290 g/mol. The molecular formula is C19H29NO3. The number of nitrogens with one attached hydrogen (secondary N) is 1. The molecule has 0 spiro atoms. The minimum Gasteiger partial charge on any atom is -0.466 e. The van der Waals surface area contributed by atoms with E-state index in [1.54, 1.807) is 0 Å². The largest absolute Gasteiger partial charge is 0.466 e. The minimum absolute atomic E-state index is 0.147. The molecule has 128 valence electrons. The van der Waals surface area contributed by atoms with Gasteiger partial charge in [-0.15, -0.1) is 0 Å². The fraction of sp³-hybridized carbons (Fsp3) is 0.579. The number of aryl methyl sites for hydroxylation is 1. The Hall–Kier alpha value is -1.84. The first-order valence-electron chi connectivity index (χ1n) is 8.70. The summed E-state index contributed by atoms with van der Waals surface area (Å²) in [6, 6.07) is 7.66. The highest BCUT2D eigenvalue weighted by Crippen LogP contribution is 2.08. The van der Waals surface area contributed by atoms with Crippen molar-refractivity contribution in [2.75, 3.05) is 13.2 Å². The molecule has 1 amide bonds. The van der Waals surface area contributed by atoms with Crippen LogP contribution in [0.25, 0.3) is 0 Å². The van der Waals surface area contributed by atoms with E-state index in [0.29, 0.717) is 18.7 Å². The zero-order chi connectivity index (χ0) is 16.9. The third kappa shape index (κ3) is 8.38. The highest BCUT2D eigenvalue weighted by Gasteiger charge is 2.07. The van der Waals surface area contributed by atoms with Crippen molar-refractivity contribution in [1.82, 2.24) is 5.32 Å².